The number of hydrogen-bond acceptors (Lipinski definition) is 5. The summed E-state index contributed by atoms with van der Waals surface area (Å²) in [5.41, 5.74) is 8.45. The van der Waals surface area contributed by atoms with E-state index in [1.54, 1.807) is 13.3 Å². The number of nitrogen functional groups attached to an aromatic ring is 1. The molecule has 0 fully saturated rings. The number of aryl methyl sites for hydroxylation is 1. The van der Waals surface area contributed by atoms with Crippen LogP contribution in [0.2, 0.25) is 0 Å². The van der Waals surface area contributed by atoms with Crippen molar-refractivity contribution in [1.82, 2.24) is 9.97 Å². The van der Waals surface area contributed by atoms with Gasteiger partial charge in [0.2, 0.25) is 5.95 Å². The molecular formula is C13H16N4O. The van der Waals surface area contributed by atoms with Crippen molar-refractivity contribution in [1.29, 1.82) is 0 Å². The maximum absolute atomic E-state index is 5.84. The number of methoxy groups -OCH3 is 1. The normalized spacial score (nSPS) is 10.1. The molecule has 2 rings (SSSR count). The third-order valence-electron chi connectivity index (χ3n) is 2.54. The number of rotatable bonds is 4. The van der Waals surface area contributed by atoms with E-state index in [-0.39, 0.29) is 0 Å². The van der Waals surface area contributed by atoms with E-state index < -0.39 is 0 Å². The zero-order valence-corrected chi connectivity index (χ0v) is 10.5. The molecule has 0 bridgehead atoms. The van der Waals surface area contributed by atoms with Gasteiger partial charge in [0.1, 0.15) is 5.75 Å². The fourth-order valence-electron chi connectivity index (χ4n) is 1.61. The molecule has 1 heterocycles. The molecule has 2 aromatic rings. The molecule has 0 unspecified atom stereocenters. The molecule has 18 heavy (non-hydrogen) atoms. The highest BCUT2D eigenvalue weighted by Gasteiger charge is 2.01. The predicted molar refractivity (Wildman–Crippen MR) is 71.5 cm³/mol. The van der Waals surface area contributed by atoms with Gasteiger partial charge in [-0.3, -0.25) is 0 Å². The van der Waals surface area contributed by atoms with E-state index in [1.165, 1.54) is 0 Å². The maximum atomic E-state index is 5.84. The second kappa shape index (κ2) is 5.35. The summed E-state index contributed by atoms with van der Waals surface area (Å²) in [6.45, 7) is 2.55. The molecule has 0 saturated carbocycles. The first kappa shape index (κ1) is 12.2. The summed E-state index contributed by atoms with van der Waals surface area (Å²) in [6.07, 6.45) is 1.73. The molecule has 1 aromatic carbocycles. The van der Waals surface area contributed by atoms with E-state index in [2.05, 4.69) is 15.3 Å². The van der Waals surface area contributed by atoms with Gasteiger partial charge < -0.3 is 15.8 Å². The Morgan fingerprint density at radius 3 is 2.83 bits per heavy atom. The lowest BCUT2D eigenvalue weighted by Crippen LogP contribution is -2.04. The molecule has 0 aliphatic rings. The van der Waals surface area contributed by atoms with Crippen LogP contribution in [0.25, 0.3) is 0 Å². The van der Waals surface area contributed by atoms with E-state index in [9.17, 15) is 0 Å². The van der Waals surface area contributed by atoms with Gasteiger partial charge in [-0.2, -0.15) is 0 Å². The number of nitrogens with zero attached hydrogens (tertiary/aromatic N) is 2. The van der Waals surface area contributed by atoms with Crippen molar-refractivity contribution >= 4 is 11.6 Å². The van der Waals surface area contributed by atoms with Crippen molar-refractivity contribution in [2.24, 2.45) is 0 Å². The van der Waals surface area contributed by atoms with Crippen LogP contribution in [-0.2, 0) is 6.54 Å². The fraction of sp³-hybridized carbons (Fsp3) is 0.231. The van der Waals surface area contributed by atoms with Crippen molar-refractivity contribution < 1.29 is 4.74 Å². The third-order valence-corrected chi connectivity index (χ3v) is 2.54. The van der Waals surface area contributed by atoms with Crippen LogP contribution in [0.3, 0.4) is 0 Å². The van der Waals surface area contributed by atoms with Crippen LogP contribution in [0.4, 0.5) is 11.6 Å². The number of aromatic nitrogens is 2. The number of hydrogen-bond donors (Lipinski definition) is 2. The van der Waals surface area contributed by atoms with Crippen LogP contribution in [-0.4, -0.2) is 17.1 Å². The van der Waals surface area contributed by atoms with Gasteiger partial charge in [0.15, 0.2) is 0 Å². The monoisotopic (exact) mass is 244 g/mol. The van der Waals surface area contributed by atoms with Crippen molar-refractivity contribution in [2.45, 2.75) is 13.5 Å². The number of nitrogens with two attached hydrogens (primary N) is 1. The first-order chi connectivity index (χ1) is 8.69. The Balaban J connectivity index is 2.04. The smallest absolute Gasteiger partial charge is 0.223 e. The zero-order valence-electron chi connectivity index (χ0n) is 10.5. The van der Waals surface area contributed by atoms with Crippen LogP contribution in [0.1, 0.15) is 11.3 Å². The molecule has 94 valence electrons. The van der Waals surface area contributed by atoms with E-state index in [1.807, 2.05) is 31.2 Å². The first-order valence-electron chi connectivity index (χ1n) is 5.65. The quantitative estimate of drug-likeness (QED) is 0.805. The molecule has 0 amide bonds. The highest BCUT2D eigenvalue weighted by atomic mass is 16.5. The molecule has 5 nitrogen and oxygen atoms in total. The number of anilines is 2. The summed E-state index contributed by atoms with van der Waals surface area (Å²) in [5.74, 6) is 1.30. The average Bonchev–Trinajstić information content (AvgIpc) is 2.37. The Morgan fingerprint density at radius 2 is 2.17 bits per heavy atom. The van der Waals surface area contributed by atoms with Gasteiger partial charge in [-0.25, -0.2) is 9.97 Å². The molecule has 0 saturated heterocycles. The van der Waals surface area contributed by atoms with Crippen molar-refractivity contribution in [3.8, 4) is 5.75 Å². The minimum atomic E-state index is 0.615. The van der Waals surface area contributed by atoms with Gasteiger partial charge >= 0.3 is 0 Å². The fourth-order valence-corrected chi connectivity index (χ4v) is 1.61. The van der Waals surface area contributed by atoms with E-state index in [0.29, 0.717) is 23.9 Å². The van der Waals surface area contributed by atoms with Gasteiger partial charge in [-0.05, 0) is 30.7 Å². The molecule has 0 aliphatic heterocycles. The largest absolute Gasteiger partial charge is 0.495 e. The number of benzene rings is 1. The summed E-state index contributed by atoms with van der Waals surface area (Å²) in [4.78, 5) is 8.40. The van der Waals surface area contributed by atoms with Gasteiger partial charge in [0.25, 0.3) is 0 Å². The summed E-state index contributed by atoms with van der Waals surface area (Å²) in [7, 11) is 1.60. The highest BCUT2D eigenvalue weighted by Crippen LogP contribution is 2.22. The minimum Gasteiger partial charge on any atom is -0.495 e. The first-order valence-corrected chi connectivity index (χ1v) is 5.65. The van der Waals surface area contributed by atoms with Crippen LogP contribution >= 0.6 is 0 Å². The summed E-state index contributed by atoms with van der Waals surface area (Å²) < 4.78 is 5.11. The van der Waals surface area contributed by atoms with E-state index >= 15 is 0 Å². The average molecular weight is 244 g/mol. The molecular weight excluding hydrogens is 228 g/mol. The number of nitrogens with one attached hydrogen (secondary N) is 1. The number of ether oxygens (including phenoxy) is 1. The van der Waals surface area contributed by atoms with Crippen LogP contribution in [0.5, 0.6) is 5.75 Å². The molecule has 0 spiro atoms. The Morgan fingerprint density at radius 1 is 1.33 bits per heavy atom. The second-order valence-corrected chi connectivity index (χ2v) is 3.95. The Kier molecular flexibility index (Phi) is 3.62. The summed E-state index contributed by atoms with van der Waals surface area (Å²) >= 11 is 0. The van der Waals surface area contributed by atoms with Crippen LogP contribution < -0.4 is 15.8 Å². The topological polar surface area (TPSA) is 73.1 Å². The van der Waals surface area contributed by atoms with Gasteiger partial charge in [0.05, 0.1) is 12.8 Å². The van der Waals surface area contributed by atoms with Crippen LogP contribution in [0.15, 0.2) is 30.5 Å². The second-order valence-electron chi connectivity index (χ2n) is 3.95. The minimum absolute atomic E-state index is 0.615. The molecule has 0 radical (unpaired) electrons. The molecule has 1 aromatic heterocycles. The molecule has 0 atom stereocenters. The lowest BCUT2D eigenvalue weighted by molar-refractivity contribution is 0.417. The molecule has 0 aliphatic carbocycles. The van der Waals surface area contributed by atoms with Crippen LogP contribution in [0, 0.1) is 6.92 Å². The molecule has 5 heteroatoms. The SMILES string of the molecule is COc1ccc(CNc2nccc(C)n2)cc1N. The van der Waals surface area contributed by atoms with Crippen molar-refractivity contribution in [2.75, 3.05) is 18.2 Å². The van der Waals surface area contributed by atoms with Crippen molar-refractivity contribution in [3.05, 3.63) is 41.7 Å². The lowest BCUT2D eigenvalue weighted by atomic mass is 10.2. The maximum Gasteiger partial charge on any atom is 0.223 e. The highest BCUT2D eigenvalue weighted by molar-refractivity contribution is 5.54. The zero-order chi connectivity index (χ0) is 13.0. The van der Waals surface area contributed by atoms with E-state index in [4.69, 9.17) is 10.5 Å². The predicted octanol–water partition coefficient (Wildman–Crippen LogP) is 1.99. The summed E-state index contributed by atoms with van der Waals surface area (Å²) in [6, 6.07) is 7.54. The Hall–Kier alpha value is -2.30. The van der Waals surface area contributed by atoms with Gasteiger partial charge in [0, 0.05) is 18.4 Å². The summed E-state index contributed by atoms with van der Waals surface area (Å²) in [5, 5.41) is 3.15. The van der Waals surface area contributed by atoms with Gasteiger partial charge in [-0.15, -0.1) is 0 Å². The Bertz CT molecular complexity index is 542. The van der Waals surface area contributed by atoms with Crippen molar-refractivity contribution in [3.63, 3.8) is 0 Å². The standard InChI is InChI=1S/C13H16N4O/c1-9-5-6-15-13(17-9)16-8-10-3-4-12(18-2)11(14)7-10/h3-7H,8,14H2,1-2H3,(H,15,16,17). The van der Waals surface area contributed by atoms with E-state index in [0.717, 1.165) is 11.3 Å². The molecule has 3 N–H and O–H groups in total. The van der Waals surface area contributed by atoms with Gasteiger partial charge in [-0.1, -0.05) is 6.07 Å². The Labute approximate surface area is 106 Å². The lowest BCUT2D eigenvalue weighted by Gasteiger charge is -2.08. The third kappa shape index (κ3) is 2.88.